The summed E-state index contributed by atoms with van der Waals surface area (Å²) in [4.78, 5) is 0. The van der Waals surface area contributed by atoms with Crippen LogP contribution in [0.25, 0.3) is 0 Å². The van der Waals surface area contributed by atoms with E-state index in [0.29, 0.717) is 12.5 Å². The van der Waals surface area contributed by atoms with E-state index in [9.17, 15) is 0 Å². The van der Waals surface area contributed by atoms with Crippen molar-refractivity contribution in [1.82, 2.24) is 14.8 Å². The van der Waals surface area contributed by atoms with Crippen molar-refractivity contribution in [3.8, 4) is 0 Å². The van der Waals surface area contributed by atoms with E-state index in [2.05, 4.69) is 42.5 Å². The maximum Gasteiger partial charge on any atom is 0.137 e. The first-order valence-electron chi connectivity index (χ1n) is 6.05. The zero-order chi connectivity index (χ0) is 12.2. The Kier molecular flexibility index (Phi) is 4.47. The molecule has 4 nitrogen and oxygen atoms in total. The summed E-state index contributed by atoms with van der Waals surface area (Å²) < 4.78 is 2.13. The number of hydrogen-bond acceptors (Lipinski definition) is 3. The number of aromatic nitrogens is 3. The Labute approximate surface area is 98.2 Å². The van der Waals surface area contributed by atoms with E-state index in [-0.39, 0.29) is 5.41 Å². The average molecular weight is 224 g/mol. The van der Waals surface area contributed by atoms with Gasteiger partial charge in [0.05, 0.1) is 0 Å². The molecule has 1 rings (SSSR count). The molecule has 0 aliphatic rings. The molecule has 1 heterocycles. The van der Waals surface area contributed by atoms with E-state index >= 15 is 0 Å². The molecule has 0 saturated heterocycles. The molecule has 1 unspecified atom stereocenters. The van der Waals surface area contributed by atoms with Crippen LogP contribution in [0.2, 0.25) is 0 Å². The summed E-state index contributed by atoms with van der Waals surface area (Å²) in [5.41, 5.74) is 6.13. The third kappa shape index (κ3) is 3.59. The molecule has 4 heteroatoms. The van der Waals surface area contributed by atoms with Gasteiger partial charge in [-0.1, -0.05) is 27.7 Å². The van der Waals surface area contributed by atoms with Crippen molar-refractivity contribution in [3.63, 3.8) is 0 Å². The Balaban J connectivity index is 2.82. The highest BCUT2D eigenvalue weighted by Crippen LogP contribution is 2.29. The molecule has 0 aromatic carbocycles. The van der Waals surface area contributed by atoms with Crippen LogP contribution in [-0.4, -0.2) is 21.3 Å². The minimum Gasteiger partial charge on any atom is -0.330 e. The van der Waals surface area contributed by atoms with E-state index in [4.69, 9.17) is 5.73 Å². The van der Waals surface area contributed by atoms with Crippen LogP contribution in [0.15, 0.2) is 6.33 Å². The van der Waals surface area contributed by atoms with Gasteiger partial charge in [0.2, 0.25) is 0 Å². The largest absolute Gasteiger partial charge is 0.330 e. The van der Waals surface area contributed by atoms with Crippen molar-refractivity contribution in [2.24, 2.45) is 11.1 Å². The van der Waals surface area contributed by atoms with Gasteiger partial charge in [-0.2, -0.15) is 0 Å². The lowest BCUT2D eigenvalue weighted by Crippen LogP contribution is -2.22. The number of aryl methyl sites for hydroxylation is 1. The lowest BCUT2D eigenvalue weighted by Gasteiger charge is -2.24. The maximum atomic E-state index is 5.86. The fourth-order valence-corrected chi connectivity index (χ4v) is 2.01. The first kappa shape index (κ1) is 13.2. The third-order valence-electron chi connectivity index (χ3n) is 2.62. The van der Waals surface area contributed by atoms with Gasteiger partial charge < -0.3 is 10.3 Å². The third-order valence-corrected chi connectivity index (χ3v) is 2.62. The maximum absolute atomic E-state index is 5.86. The normalized spacial score (nSPS) is 14.1. The monoisotopic (exact) mass is 224 g/mol. The van der Waals surface area contributed by atoms with Gasteiger partial charge in [-0.3, -0.25) is 0 Å². The predicted octanol–water partition coefficient (Wildman–Crippen LogP) is 2.17. The second-order valence-corrected chi connectivity index (χ2v) is 5.58. The van der Waals surface area contributed by atoms with Crippen molar-refractivity contribution in [2.45, 2.75) is 53.0 Å². The van der Waals surface area contributed by atoms with Crippen molar-refractivity contribution in [1.29, 1.82) is 0 Å². The summed E-state index contributed by atoms with van der Waals surface area (Å²) in [6.07, 6.45) is 3.95. The van der Waals surface area contributed by atoms with Gasteiger partial charge in [-0.15, -0.1) is 10.2 Å². The van der Waals surface area contributed by atoms with E-state index in [1.807, 2.05) is 6.33 Å². The topological polar surface area (TPSA) is 56.7 Å². The van der Waals surface area contributed by atoms with Crippen LogP contribution in [0.4, 0.5) is 0 Å². The summed E-state index contributed by atoms with van der Waals surface area (Å²) in [7, 11) is 0. The lowest BCUT2D eigenvalue weighted by atomic mass is 9.84. The zero-order valence-corrected chi connectivity index (χ0v) is 10.9. The fourth-order valence-electron chi connectivity index (χ4n) is 2.01. The Hall–Kier alpha value is -0.900. The van der Waals surface area contributed by atoms with Crippen molar-refractivity contribution in [3.05, 3.63) is 12.2 Å². The van der Waals surface area contributed by atoms with Gasteiger partial charge in [0.25, 0.3) is 0 Å². The van der Waals surface area contributed by atoms with Crippen molar-refractivity contribution in [2.75, 3.05) is 6.54 Å². The summed E-state index contributed by atoms with van der Waals surface area (Å²) in [6.45, 7) is 10.5. The van der Waals surface area contributed by atoms with Gasteiger partial charge in [0.1, 0.15) is 12.2 Å². The molecule has 0 fully saturated rings. The molecule has 1 aromatic rings. The molecule has 92 valence electrons. The van der Waals surface area contributed by atoms with Gasteiger partial charge in [-0.05, 0) is 18.3 Å². The number of rotatable bonds is 5. The highest BCUT2D eigenvalue weighted by atomic mass is 15.3. The minimum atomic E-state index is 0.271. The molecule has 0 radical (unpaired) electrons. The SMILES string of the molecule is CCCn1cnnc1C(CN)CC(C)(C)C. The van der Waals surface area contributed by atoms with E-state index in [0.717, 1.165) is 25.2 Å². The quantitative estimate of drug-likeness (QED) is 0.834. The molecule has 0 bridgehead atoms. The second kappa shape index (κ2) is 5.43. The molecule has 0 spiro atoms. The number of nitrogens with zero attached hydrogens (tertiary/aromatic N) is 3. The molecule has 0 saturated carbocycles. The van der Waals surface area contributed by atoms with E-state index in [1.54, 1.807) is 0 Å². The second-order valence-electron chi connectivity index (χ2n) is 5.58. The highest BCUT2D eigenvalue weighted by molar-refractivity contribution is 4.98. The number of hydrogen-bond donors (Lipinski definition) is 1. The smallest absolute Gasteiger partial charge is 0.137 e. The van der Waals surface area contributed by atoms with E-state index in [1.165, 1.54) is 0 Å². The molecular weight excluding hydrogens is 200 g/mol. The predicted molar refractivity (Wildman–Crippen MR) is 66.2 cm³/mol. The standard InChI is InChI=1S/C12H24N4/c1-5-6-16-9-14-15-11(16)10(8-13)7-12(2,3)4/h9-10H,5-8,13H2,1-4H3. The Morgan fingerprint density at radius 2 is 2.12 bits per heavy atom. The average Bonchev–Trinajstić information content (AvgIpc) is 2.61. The van der Waals surface area contributed by atoms with Crippen LogP contribution in [-0.2, 0) is 6.54 Å². The van der Waals surface area contributed by atoms with Crippen molar-refractivity contribution >= 4 is 0 Å². The van der Waals surface area contributed by atoms with Crippen LogP contribution >= 0.6 is 0 Å². The van der Waals surface area contributed by atoms with Crippen LogP contribution in [0.3, 0.4) is 0 Å². The lowest BCUT2D eigenvalue weighted by molar-refractivity contribution is 0.331. The molecule has 0 amide bonds. The molecule has 16 heavy (non-hydrogen) atoms. The van der Waals surface area contributed by atoms with Crippen LogP contribution in [0.1, 0.15) is 52.3 Å². The molecule has 0 aliphatic carbocycles. The zero-order valence-electron chi connectivity index (χ0n) is 10.9. The summed E-state index contributed by atoms with van der Waals surface area (Å²) in [5, 5.41) is 8.22. The van der Waals surface area contributed by atoms with Crippen LogP contribution in [0, 0.1) is 5.41 Å². The van der Waals surface area contributed by atoms with Crippen LogP contribution in [0.5, 0.6) is 0 Å². The van der Waals surface area contributed by atoms with Crippen molar-refractivity contribution < 1.29 is 0 Å². The Morgan fingerprint density at radius 3 is 2.62 bits per heavy atom. The minimum absolute atomic E-state index is 0.271. The fraction of sp³-hybridized carbons (Fsp3) is 0.833. The van der Waals surface area contributed by atoms with E-state index < -0.39 is 0 Å². The summed E-state index contributed by atoms with van der Waals surface area (Å²) >= 11 is 0. The molecule has 0 aliphatic heterocycles. The van der Waals surface area contributed by atoms with Gasteiger partial charge in [0, 0.05) is 19.0 Å². The molecule has 2 N–H and O–H groups in total. The first-order valence-corrected chi connectivity index (χ1v) is 6.05. The van der Waals surface area contributed by atoms with Gasteiger partial charge >= 0.3 is 0 Å². The summed E-state index contributed by atoms with van der Waals surface area (Å²) in [6, 6.07) is 0. The summed E-state index contributed by atoms with van der Waals surface area (Å²) in [5.74, 6) is 1.35. The molecule has 1 aromatic heterocycles. The highest BCUT2D eigenvalue weighted by Gasteiger charge is 2.22. The van der Waals surface area contributed by atoms with Gasteiger partial charge in [-0.25, -0.2) is 0 Å². The molecular formula is C12H24N4. The Bertz CT molecular complexity index is 311. The molecule has 1 atom stereocenters. The number of nitrogens with two attached hydrogens (primary N) is 1. The van der Waals surface area contributed by atoms with Gasteiger partial charge in [0.15, 0.2) is 0 Å². The Morgan fingerprint density at radius 1 is 1.44 bits per heavy atom. The first-order chi connectivity index (χ1) is 7.48. The van der Waals surface area contributed by atoms with Crippen LogP contribution < -0.4 is 5.73 Å².